The number of nitrogens with one attached hydrogen (secondary N) is 2. The van der Waals surface area contributed by atoms with E-state index in [1.54, 1.807) is 29.9 Å². The Morgan fingerprint density at radius 3 is 2.62 bits per heavy atom. The summed E-state index contributed by atoms with van der Waals surface area (Å²) in [5, 5.41) is 11.7. The standard InChI is InChI=1S/C28H19N7OS/c1-2-4-17(5-3-1)15-36-20-10-19(11-29-12-20)22-6-7-23-26(31-22)27(35-34-23)28-32-24-14-30-13-21(25(24)33-28)18-8-9-37-16-18/h1-14,16H,15H2,(H,32,33)(H,34,35). The van der Waals surface area contributed by atoms with E-state index in [2.05, 4.69) is 36.6 Å². The van der Waals surface area contributed by atoms with Crippen molar-refractivity contribution in [2.24, 2.45) is 0 Å². The van der Waals surface area contributed by atoms with E-state index in [0.717, 1.165) is 50.0 Å². The first-order valence-corrected chi connectivity index (χ1v) is 12.6. The van der Waals surface area contributed by atoms with Gasteiger partial charge in [0.2, 0.25) is 0 Å². The molecule has 0 unspecified atom stereocenters. The highest BCUT2D eigenvalue weighted by Crippen LogP contribution is 2.32. The van der Waals surface area contributed by atoms with E-state index in [1.165, 1.54) is 0 Å². The first-order chi connectivity index (χ1) is 18.3. The number of hydrogen-bond acceptors (Lipinski definition) is 7. The molecule has 0 amide bonds. The number of ether oxygens (including phenoxy) is 1. The Morgan fingerprint density at radius 2 is 1.73 bits per heavy atom. The summed E-state index contributed by atoms with van der Waals surface area (Å²) in [6.45, 7) is 0.471. The third kappa shape index (κ3) is 4.01. The molecule has 0 fully saturated rings. The predicted molar refractivity (Wildman–Crippen MR) is 144 cm³/mol. The summed E-state index contributed by atoms with van der Waals surface area (Å²) < 4.78 is 5.97. The monoisotopic (exact) mass is 501 g/mol. The lowest BCUT2D eigenvalue weighted by Gasteiger charge is -2.08. The Morgan fingerprint density at radius 1 is 0.811 bits per heavy atom. The van der Waals surface area contributed by atoms with Crippen LogP contribution in [0.15, 0.2) is 90.1 Å². The smallest absolute Gasteiger partial charge is 0.161 e. The lowest BCUT2D eigenvalue weighted by atomic mass is 10.1. The Balaban J connectivity index is 1.24. The van der Waals surface area contributed by atoms with E-state index < -0.39 is 0 Å². The number of pyridine rings is 3. The summed E-state index contributed by atoms with van der Waals surface area (Å²) in [4.78, 5) is 21.9. The average Bonchev–Trinajstić information content (AvgIpc) is 3.71. The van der Waals surface area contributed by atoms with Crippen molar-refractivity contribution in [3.8, 4) is 39.7 Å². The molecule has 0 aliphatic rings. The normalized spacial score (nSPS) is 11.4. The van der Waals surface area contributed by atoms with Crippen LogP contribution >= 0.6 is 11.3 Å². The Labute approximate surface area is 215 Å². The van der Waals surface area contributed by atoms with Crippen molar-refractivity contribution in [3.63, 3.8) is 0 Å². The molecule has 0 saturated carbocycles. The number of nitrogens with zero attached hydrogens (tertiary/aromatic N) is 5. The van der Waals surface area contributed by atoms with E-state index in [-0.39, 0.29) is 0 Å². The summed E-state index contributed by atoms with van der Waals surface area (Å²) in [6, 6.07) is 18.0. The molecule has 0 radical (unpaired) electrons. The second kappa shape index (κ2) is 8.96. The second-order valence-corrected chi connectivity index (χ2v) is 9.31. The van der Waals surface area contributed by atoms with Crippen molar-refractivity contribution >= 4 is 33.4 Å². The molecule has 0 saturated heterocycles. The van der Waals surface area contributed by atoms with Crippen LogP contribution in [0.3, 0.4) is 0 Å². The largest absolute Gasteiger partial charge is 0.487 e. The number of H-pyrrole nitrogens is 2. The molecule has 1 aromatic carbocycles. The molecule has 0 aliphatic heterocycles. The number of fused-ring (bicyclic) bond motifs is 2. The molecule has 0 bridgehead atoms. The van der Waals surface area contributed by atoms with Crippen LogP contribution in [-0.4, -0.2) is 35.1 Å². The van der Waals surface area contributed by atoms with Crippen LogP contribution in [-0.2, 0) is 6.61 Å². The molecule has 8 nitrogen and oxygen atoms in total. The highest BCUT2D eigenvalue weighted by molar-refractivity contribution is 7.08. The van der Waals surface area contributed by atoms with Gasteiger partial charge in [0.25, 0.3) is 0 Å². The number of aromatic amines is 2. The number of aromatic nitrogens is 7. The van der Waals surface area contributed by atoms with Gasteiger partial charge in [-0.1, -0.05) is 30.3 Å². The van der Waals surface area contributed by atoms with Crippen LogP contribution in [0.2, 0.25) is 0 Å². The minimum atomic E-state index is 0.471. The van der Waals surface area contributed by atoms with Crippen molar-refractivity contribution in [1.29, 1.82) is 0 Å². The Hall–Kier alpha value is -4.89. The molecule has 178 valence electrons. The fourth-order valence-corrected chi connectivity index (χ4v) is 4.93. The van der Waals surface area contributed by atoms with Gasteiger partial charge in [0, 0.05) is 23.5 Å². The summed E-state index contributed by atoms with van der Waals surface area (Å²) in [7, 11) is 0. The van der Waals surface area contributed by atoms with Gasteiger partial charge >= 0.3 is 0 Å². The average molecular weight is 502 g/mol. The van der Waals surface area contributed by atoms with Gasteiger partial charge in [0.1, 0.15) is 23.4 Å². The lowest BCUT2D eigenvalue weighted by molar-refractivity contribution is 0.305. The zero-order chi connectivity index (χ0) is 24.6. The molecule has 0 atom stereocenters. The number of rotatable bonds is 6. The quantitative estimate of drug-likeness (QED) is 0.278. The van der Waals surface area contributed by atoms with E-state index >= 15 is 0 Å². The van der Waals surface area contributed by atoms with Crippen LogP contribution < -0.4 is 4.74 Å². The minimum Gasteiger partial charge on any atom is -0.487 e. The predicted octanol–water partition coefficient (Wildman–Crippen LogP) is 6.27. The lowest BCUT2D eigenvalue weighted by Crippen LogP contribution is -1.96. The maximum Gasteiger partial charge on any atom is 0.161 e. The highest BCUT2D eigenvalue weighted by Gasteiger charge is 2.17. The van der Waals surface area contributed by atoms with Gasteiger partial charge in [0.05, 0.1) is 29.1 Å². The van der Waals surface area contributed by atoms with Crippen LogP contribution in [0.4, 0.5) is 0 Å². The van der Waals surface area contributed by atoms with E-state index in [9.17, 15) is 0 Å². The summed E-state index contributed by atoms with van der Waals surface area (Å²) in [5.74, 6) is 1.31. The van der Waals surface area contributed by atoms with Crippen LogP contribution in [0.25, 0.3) is 56.0 Å². The molecular weight excluding hydrogens is 482 g/mol. The highest BCUT2D eigenvalue weighted by atomic mass is 32.1. The molecule has 2 N–H and O–H groups in total. The molecule has 6 heterocycles. The topological polar surface area (TPSA) is 105 Å². The van der Waals surface area contributed by atoms with Crippen molar-refractivity contribution in [3.05, 3.63) is 95.7 Å². The van der Waals surface area contributed by atoms with Crippen molar-refractivity contribution in [2.75, 3.05) is 0 Å². The van der Waals surface area contributed by atoms with E-state index in [0.29, 0.717) is 23.9 Å². The Kier molecular flexibility index (Phi) is 5.18. The summed E-state index contributed by atoms with van der Waals surface area (Å²) in [6.07, 6.45) is 7.11. The fraction of sp³-hybridized carbons (Fsp3) is 0.0357. The molecule has 6 aromatic heterocycles. The first kappa shape index (κ1) is 21.4. The first-order valence-electron chi connectivity index (χ1n) is 11.7. The van der Waals surface area contributed by atoms with Crippen LogP contribution in [0, 0.1) is 0 Å². The van der Waals surface area contributed by atoms with Gasteiger partial charge in [-0.15, -0.1) is 0 Å². The molecule has 7 rings (SSSR count). The molecule has 9 heteroatoms. The molecule has 37 heavy (non-hydrogen) atoms. The van der Waals surface area contributed by atoms with Crippen LogP contribution in [0.1, 0.15) is 5.56 Å². The maximum atomic E-state index is 5.97. The summed E-state index contributed by atoms with van der Waals surface area (Å²) in [5.41, 5.74) is 8.67. The number of imidazole rings is 1. The van der Waals surface area contributed by atoms with Gasteiger partial charge in [0.15, 0.2) is 11.5 Å². The third-order valence-electron chi connectivity index (χ3n) is 6.12. The second-order valence-electron chi connectivity index (χ2n) is 8.53. The zero-order valence-corrected chi connectivity index (χ0v) is 20.2. The van der Waals surface area contributed by atoms with Crippen molar-refractivity contribution in [2.45, 2.75) is 6.61 Å². The Bertz CT molecular complexity index is 1840. The van der Waals surface area contributed by atoms with Gasteiger partial charge in [-0.2, -0.15) is 16.4 Å². The SMILES string of the molecule is c1ccc(COc2cncc(-c3ccc4[nH]nc(-c5nc6c(-c7ccsc7)cncc6[nH]5)c4n3)c2)cc1. The molecular formula is C28H19N7OS. The van der Waals surface area contributed by atoms with E-state index in [1.807, 2.05) is 60.1 Å². The van der Waals surface area contributed by atoms with Crippen LogP contribution in [0.5, 0.6) is 5.75 Å². The fourth-order valence-electron chi connectivity index (χ4n) is 4.28. The molecule has 7 aromatic rings. The maximum absolute atomic E-state index is 5.97. The van der Waals surface area contributed by atoms with Gasteiger partial charge in [-0.3, -0.25) is 15.1 Å². The molecule has 0 spiro atoms. The van der Waals surface area contributed by atoms with Gasteiger partial charge < -0.3 is 9.72 Å². The number of thiophene rings is 1. The van der Waals surface area contributed by atoms with Gasteiger partial charge in [-0.25, -0.2) is 9.97 Å². The summed E-state index contributed by atoms with van der Waals surface area (Å²) >= 11 is 1.64. The third-order valence-corrected chi connectivity index (χ3v) is 6.80. The van der Waals surface area contributed by atoms with Crippen molar-refractivity contribution in [1.82, 2.24) is 35.1 Å². The molecule has 0 aliphatic carbocycles. The minimum absolute atomic E-state index is 0.471. The van der Waals surface area contributed by atoms with E-state index in [4.69, 9.17) is 14.7 Å². The van der Waals surface area contributed by atoms with Gasteiger partial charge in [-0.05, 0) is 46.2 Å². The number of hydrogen-bond donors (Lipinski definition) is 2. The number of benzene rings is 1. The zero-order valence-electron chi connectivity index (χ0n) is 19.4. The van der Waals surface area contributed by atoms with Crippen molar-refractivity contribution < 1.29 is 4.74 Å².